The maximum Gasteiger partial charge on any atom is 0.198 e. The first-order valence-corrected chi connectivity index (χ1v) is 7.17. The first kappa shape index (κ1) is 13.1. The number of benzene rings is 1. The van der Waals surface area contributed by atoms with Crippen molar-refractivity contribution in [2.24, 2.45) is 0 Å². The van der Waals surface area contributed by atoms with Crippen molar-refractivity contribution in [3.05, 3.63) is 54.4 Å². The Morgan fingerprint density at radius 2 is 2.25 bits per heavy atom. The van der Waals surface area contributed by atoms with Crippen molar-refractivity contribution in [3.8, 4) is 0 Å². The number of nitrogens with zero attached hydrogens (tertiary/aromatic N) is 1. The molecule has 2 heterocycles. The minimum atomic E-state index is -0.0604. The van der Waals surface area contributed by atoms with Crippen LogP contribution in [-0.4, -0.2) is 17.9 Å². The fourth-order valence-electron chi connectivity index (χ4n) is 2.37. The second-order valence-corrected chi connectivity index (χ2v) is 5.04. The lowest BCUT2D eigenvalue weighted by atomic mass is 10.1. The molecule has 20 heavy (non-hydrogen) atoms. The van der Waals surface area contributed by atoms with E-state index in [0.29, 0.717) is 0 Å². The Labute approximate surface area is 119 Å². The maximum atomic E-state index is 5.57. The Morgan fingerprint density at radius 1 is 1.30 bits per heavy atom. The first-order chi connectivity index (χ1) is 9.92. The molecule has 1 aromatic heterocycles. The minimum absolute atomic E-state index is 0.0604. The van der Waals surface area contributed by atoms with Crippen LogP contribution in [-0.2, 0) is 15.9 Å². The highest BCUT2D eigenvalue weighted by atomic mass is 16.7. The van der Waals surface area contributed by atoms with E-state index in [1.165, 1.54) is 17.4 Å². The molecule has 1 saturated heterocycles. The quantitative estimate of drug-likeness (QED) is 0.790. The van der Waals surface area contributed by atoms with Crippen molar-refractivity contribution in [1.82, 2.24) is 4.98 Å². The molecule has 1 aromatic carbocycles. The highest BCUT2D eigenvalue weighted by Crippen LogP contribution is 2.15. The van der Waals surface area contributed by atoms with Crippen LogP contribution in [0.3, 0.4) is 0 Å². The van der Waals surface area contributed by atoms with Gasteiger partial charge in [-0.2, -0.15) is 0 Å². The third-order valence-corrected chi connectivity index (χ3v) is 3.47. The Balaban J connectivity index is 1.56. The van der Waals surface area contributed by atoms with Crippen LogP contribution in [0.5, 0.6) is 0 Å². The summed E-state index contributed by atoms with van der Waals surface area (Å²) in [6.45, 7) is 0.813. The van der Waals surface area contributed by atoms with Crippen LogP contribution in [0.25, 0.3) is 10.9 Å². The predicted octanol–water partition coefficient (Wildman–Crippen LogP) is 3.83. The van der Waals surface area contributed by atoms with Gasteiger partial charge < -0.3 is 9.47 Å². The second kappa shape index (κ2) is 6.53. The lowest BCUT2D eigenvalue weighted by molar-refractivity contribution is -0.129. The van der Waals surface area contributed by atoms with Gasteiger partial charge >= 0.3 is 0 Å². The Morgan fingerprint density at radius 3 is 3.15 bits per heavy atom. The van der Waals surface area contributed by atoms with Crippen LogP contribution in [0, 0.1) is 0 Å². The average molecular weight is 269 g/mol. The van der Waals surface area contributed by atoms with E-state index in [4.69, 9.17) is 9.47 Å². The zero-order valence-electron chi connectivity index (χ0n) is 11.5. The van der Waals surface area contributed by atoms with Gasteiger partial charge in [-0.05, 0) is 43.0 Å². The smallest absolute Gasteiger partial charge is 0.198 e. The lowest BCUT2D eigenvalue weighted by Crippen LogP contribution is -2.19. The van der Waals surface area contributed by atoms with Crippen LogP contribution in [0.2, 0.25) is 0 Å². The van der Waals surface area contributed by atoms with Gasteiger partial charge in [-0.15, -0.1) is 0 Å². The largest absolute Gasteiger partial charge is 0.473 e. The molecule has 0 saturated carbocycles. The van der Waals surface area contributed by atoms with Crippen LogP contribution in [0.4, 0.5) is 0 Å². The molecule has 0 aliphatic carbocycles. The fraction of sp³-hybridized carbons (Fsp3) is 0.353. The van der Waals surface area contributed by atoms with Crippen molar-refractivity contribution in [1.29, 1.82) is 0 Å². The molecule has 3 nitrogen and oxygen atoms in total. The highest BCUT2D eigenvalue weighted by molar-refractivity contribution is 5.78. The average Bonchev–Trinajstić information content (AvgIpc) is 2.52. The number of rotatable bonds is 4. The summed E-state index contributed by atoms with van der Waals surface area (Å²) >= 11 is 0. The summed E-state index contributed by atoms with van der Waals surface area (Å²) in [6.07, 6.45) is 9.78. The molecule has 0 radical (unpaired) electrons. The third kappa shape index (κ3) is 3.36. The van der Waals surface area contributed by atoms with Crippen molar-refractivity contribution >= 4 is 10.9 Å². The van der Waals surface area contributed by atoms with Gasteiger partial charge in [0.25, 0.3) is 0 Å². The standard InChI is InChI=1S/C17H19NO2/c1-2-8-16-15(7-1)12-14(13-18-16)6-5-11-20-17-9-3-4-10-19-17/h1-2,5,7-8,11-13,17H,3-4,6,9-10H2/b11-5-. The summed E-state index contributed by atoms with van der Waals surface area (Å²) in [6, 6.07) is 10.3. The van der Waals surface area contributed by atoms with Crippen molar-refractivity contribution < 1.29 is 9.47 Å². The van der Waals surface area contributed by atoms with Crippen LogP contribution < -0.4 is 0 Å². The van der Waals surface area contributed by atoms with E-state index in [0.717, 1.165) is 31.4 Å². The van der Waals surface area contributed by atoms with E-state index in [9.17, 15) is 0 Å². The van der Waals surface area contributed by atoms with Crippen LogP contribution >= 0.6 is 0 Å². The monoisotopic (exact) mass is 269 g/mol. The molecule has 1 aliphatic heterocycles. The highest BCUT2D eigenvalue weighted by Gasteiger charge is 2.12. The van der Waals surface area contributed by atoms with Crippen LogP contribution in [0.1, 0.15) is 24.8 Å². The molecular formula is C17H19NO2. The van der Waals surface area contributed by atoms with Gasteiger partial charge in [-0.3, -0.25) is 4.98 Å². The molecule has 0 N–H and O–H groups in total. The molecule has 3 rings (SSSR count). The first-order valence-electron chi connectivity index (χ1n) is 7.17. The molecule has 3 heteroatoms. The van der Waals surface area contributed by atoms with Crippen LogP contribution in [0.15, 0.2) is 48.9 Å². The maximum absolute atomic E-state index is 5.57. The van der Waals surface area contributed by atoms with E-state index in [2.05, 4.69) is 17.1 Å². The molecule has 104 valence electrons. The summed E-state index contributed by atoms with van der Waals surface area (Å²) in [5.74, 6) is 0. The minimum Gasteiger partial charge on any atom is -0.473 e. The number of para-hydroxylation sites is 1. The normalized spacial score (nSPS) is 19.5. The lowest BCUT2D eigenvalue weighted by Gasteiger charge is -2.21. The van der Waals surface area contributed by atoms with E-state index in [-0.39, 0.29) is 6.29 Å². The van der Waals surface area contributed by atoms with E-state index in [1.54, 1.807) is 6.26 Å². The number of allylic oxidation sites excluding steroid dienone is 1. The predicted molar refractivity (Wildman–Crippen MR) is 79.3 cm³/mol. The van der Waals surface area contributed by atoms with Gasteiger partial charge in [0, 0.05) is 18.0 Å². The topological polar surface area (TPSA) is 31.4 Å². The van der Waals surface area contributed by atoms with Gasteiger partial charge in [0.05, 0.1) is 18.4 Å². The van der Waals surface area contributed by atoms with Gasteiger partial charge in [0.2, 0.25) is 0 Å². The molecule has 0 spiro atoms. The van der Waals surface area contributed by atoms with Gasteiger partial charge in [0.1, 0.15) is 0 Å². The molecule has 2 aromatic rings. The van der Waals surface area contributed by atoms with Crippen molar-refractivity contribution in [2.75, 3.05) is 6.61 Å². The van der Waals surface area contributed by atoms with Crippen molar-refractivity contribution in [3.63, 3.8) is 0 Å². The fourth-order valence-corrected chi connectivity index (χ4v) is 2.37. The second-order valence-electron chi connectivity index (χ2n) is 5.04. The number of aromatic nitrogens is 1. The summed E-state index contributed by atoms with van der Waals surface area (Å²) in [5, 5.41) is 1.18. The molecule has 1 unspecified atom stereocenters. The van der Waals surface area contributed by atoms with Gasteiger partial charge in [-0.1, -0.05) is 18.2 Å². The number of fused-ring (bicyclic) bond motifs is 1. The Bertz CT molecular complexity index is 588. The number of pyridine rings is 1. The summed E-state index contributed by atoms with van der Waals surface area (Å²) in [5.41, 5.74) is 2.22. The van der Waals surface area contributed by atoms with E-state index >= 15 is 0 Å². The van der Waals surface area contributed by atoms with Gasteiger partial charge in [-0.25, -0.2) is 0 Å². The number of ether oxygens (including phenoxy) is 2. The molecule has 0 bridgehead atoms. The zero-order chi connectivity index (χ0) is 13.6. The summed E-state index contributed by atoms with van der Waals surface area (Å²) in [4.78, 5) is 4.45. The molecule has 0 amide bonds. The van der Waals surface area contributed by atoms with Gasteiger partial charge in [0.15, 0.2) is 6.29 Å². The summed E-state index contributed by atoms with van der Waals surface area (Å²) in [7, 11) is 0. The van der Waals surface area contributed by atoms with Crippen molar-refractivity contribution in [2.45, 2.75) is 32.0 Å². The Kier molecular flexibility index (Phi) is 4.28. The summed E-state index contributed by atoms with van der Waals surface area (Å²) < 4.78 is 11.1. The number of hydrogen-bond acceptors (Lipinski definition) is 3. The van der Waals surface area contributed by atoms with E-state index in [1.807, 2.05) is 30.5 Å². The third-order valence-electron chi connectivity index (χ3n) is 3.47. The molecule has 1 aliphatic rings. The Hall–Kier alpha value is -1.87. The SMILES string of the molecule is C(=C/OC1CCCCO1)/Cc1cnc2ccccc2c1. The van der Waals surface area contributed by atoms with E-state index < -0.39 is 0 Å². The number of hydrogen-bond donors (Lipinski definition) is 0. The zero-order valence-corrected chi connectivity index (χ0v) is 11.5. The molecule has 1 fully saturated rings. The molecular weight excluding hydrogens is 250 g/mol. The molecule has 1 atom stereocenters.